The SMILES string of the molecule is CCC(C)CC(Cc1ccc(OC)c(F)c1)NN. The van der Waals surface area contributed by atoms with Crippen LogP contribution in [0.5, 0.6) is 5.75 Å². The minimum Gasteiger partial charge on any atom is -0.494 e. The van der Waals surface area contributed by atoms with Crippen LogP contribution >= 0.6 is 0 Å². The third-order valence-corrected chi connectivity index (χ3v) is 3.32. The molecule has 102 valence electrons. The average Bonchev–Trinajstić information content (AvgIpc) is 2.38. The number of halogens is 1. The van der Waals surface area contributed by atoms with E-state index in [-0.39, 0.29) is 17.6 Å². The van der Waals surface area contributed by atoms with Gasteiger partial charge in [-0.15, -0.1) is 0 Å². The van der Waals surface area contributed by atoms with Crippen LogP contribution in [0.4, 0.5) is 4.39 Å². The van der Waals surface area contributed by atoms with E-state index in [0.29, 0.717) is 5.92 Å². The highest BCUT2D eigenvalue weighted by Crippen LogP contribution is 2.20. The predicted octanol–water partition coefficient (Wildman–Crippen LogP) is 2.64. The second-order valence-corrected chi connectivity index (χ2v) is 4.79. The van der Waals surface area contributed by atoms with Gasteiger partial charge in [-0.05, 0) is 36.5 Å². The van der Waals surface area contributed by atoms with E-state index in [1.54, 1.807) is 6.07 Å². The Balaban J connectivity index is 2.67. The number of nitrogens with two attached hydrogens (primary N) is 1. The molecule has 18 heavy (non-hydrogen) atoms. The van der Waals surface area contributed by atoms with Crippen molar-refractivity contribution in [3.63, 3.8) is 0 Å². The summed E-state index contributed by atoms with van der Waals surface area (Å²) in [6.07, 6.45) is 2.83. The van der Waals surface area contributed by atoms with Gasteiger partial charge in [-0.2, -0.15) is 0 Å². The summed E-state index contributed by atoms with van der Waals surface area (Å²) in [6.45, 7) is 4.35. The summed E-state index contributed by atoms with van der Waals surface area (Å²) in [7, 11) is 1.46. The number of ether oxygens (including phenoxy) is 1. The standard InChI is InChI=1S/C14H23FN2O/c1-4-10(2)7-12(17-16)8-11-5-6-14(18-3)13(15)9-11/h5-6,9-10,12,17H,4,7-8,16H2,1-3H3. The van der Waals surface area contributed by atoms with Crippen LogP contribution in [0.2, 0.25) is 0 Å². The Bertz CT molecular complexity index is 371. The molecule has 0 heterocycles. The van der Waals surface area contributed by atoms with Gasteiger partial charge in [0.25, 0.3) is 0 Å². The van der Waals surface area contributed by atoms with Gasteiger partial charge in [0.05, 0.1) is 7.11 Å². The van der Waals surface area contributed by atoms with Gasteiger partial charge in [-0.3, -0.25) is 11.3 Å². The van der Waals surface area contributed by atoms with Crippen molar-refractivity contribution in [3.8, 4) is 5.75 Å². The molecule has 1 aromatic rings. The van der Waals surface area contributed by atoms with Gasteiger partial charge in [0.1, 0.15) is 0 Å². The molecule has 0 fully saturated rings. The largest absolute Gasteiger partial charge is 0.494 e. The minimum absolute atomic E-state index is 0.174. The number of hydrazine groups is 1. The molecule has 0 spiro atoms. The molecule has 1 rings (SSSR count). The quantitative estimate of drug-likeness (QED) is 0.581. The predicted molar refractivity (Wildman–Crippen MR) is 71.8 cm³/mol. The van der Waals surface area contributed by atoms with Gasteiger partial charge in [0.2, 0.25) is 0 Å². The molecule has 3 nitrogen and oxygen atoms in total. The lowest BCUT2D eigenvalue weighted by Gasteiger charge is -2.19. The Morgan fingerprint density at radius 2 is 2.17 bits per heavy atom. The molecule has 0 radical (unpaired) electrons. The van der Waals surface area contributed by atoms with E-state index in [9.17, 15) is 4.39 Å². The van der Waals surface area contributed by atoms with Crippen LogP contribution in [-0.4, -0.2) is 13.2 Å². The first-order valence-electron chi connectivity index (χ1n) is 6.39. The second-order valence-electron chi connectivity index (χ2n) is 4.79. The van der Waals surface area contributed by atoms with Crippen LogP contribution in [0, 0.1) is 11.7 Å². The van der Waals surface area contributed by atoms with Gasteiger partial charge < -0.3 is 4.74 Å². The maximum atomic E-state index is 13.6. The molecule has 0 aliphatic heterocycles. The Hall–Kier alpha value is -1.13. The number of benzene rings is 1. The third kappa shape index (κ3) is 4.27. The molecule has 2 atom stereocenters. The highest BCUT2D eigenvalue weighted by atomic mass is 19.1. The van der Waals surface area contributed by atoms with Gasteiger partial charge in [-0.25, -0.2) is 4.39 Å². The zero-order chi connectivity index (χ0) is 13.5. The Labute approximate surface area is 108 Å². The number of rotatable bonds is 7. The lowest BCUT2D eigenvalue weighted by molar-refractivity contribution is 0.383. The summed E-state index contributed by atoms with van der Waals surface area (Å²) in [4.78, 5) is 0. The first kappa shape index (κ1) is 14.9. The van der Waals surface area contributed by atoms with Crippen molar-refractivity contribution in [1.29, 1.82) is 0 Å². The molecule has 0 saturated heterocycles. The monoisotopic (exact) mass is 254 g/mol. The van der Waals surface area contributed by atoms with Crippen LogP contribution in [0.1, 0.15) is 32.3 Å². The fraction of sp³-hybridized carbons (Fsp3) is 0.571. The van der Waals surface area contributed by atoms with Crippen LogP contribution in [0.25, 0.3) is 0 Å². The molecular weight excluding hydrogens is 231 g/mol. The summed E-state index contributed by atoms with van der Waals surface area (Å²) in [5, 5.41) is 0. The van der Waals surface area contributed by atoms with Crippen molar-refractivity contribution in [2.75, 3.05) is 7.11 Å². The zero-order valence-corrected chi connectivity index (χ0v) is 11.4. The Morgan fingerprint density at radius 1 is 1.44 bits per heavy atom. The van der Waals surface area contributed by atoms with Crippen molar-refractivity contribution >= 4 is 0 Å². The Kier molecular flexibility index (Phi) is 6.09. The number of nitrogens with one attached hydrogen (secondary N) is 1. The molecule has 0 amide bonds. The highest BCUT2D eigenvalue weighted by molar-refractivity contribution is 5.29. The Morgan fingerprint density at radius 3 is 2.67 bits per heavy atom. The first-order valence-corrected chi connectivity index (χ1v) is 6.39. The molecule has 0 saturated carbocycles. The minimum atomic E-state index is -0.325. The molecule has 0 aliphatic carbocycles. The van der Waals surface area contributed by atoms with Gasteiger partial charge in [0.15, 0.2) is 11.6 Å². The van der Waals surface area contributed by atoms with Crippen LogP contribution < -0.4 is 16.0 Å². The topological polar surface area (TPSA) is 47.3 Å². The number of methoxy groups -OCH3 is 1. The fourth-order valence-corrected chi connectivity index (χ4v) is 1.98. The van der Waals surface area contributed by atoms with E-state index >= 15 is 0 Å². The van der Waals surface area contributed by atoms with Crippen molar-refractivity contribution < 1.29 is 9.13 Å². The second kappa shape index (κ2) is 7.34. The fourth-order valence-electron chi connectivity index (χ4n) is 1.98. The van der Waals surface area contributed by atoms with Crippen molar-refractivity contribution in [3.05, 3.63) is 29.6 Å². The van der Waals surface area contributed by atoms with Crippen molar-refractivity contribution in [2.24, 2.45) is 11.8 Å². The van der Waals surface area contributed by atoms with Crippen LogP contribution in [-0.2, 0) is 6.42 Å². The first-order chi connectivity index (χ1) is 8.60. The molecule has 0 bridgehead atoms. The lowest BCUT2D eigenvalue weighted by atomic mass is 9.95. The van der Waals surface area contributed by atoms with Crippen LogP contribution in [0.15, 0.2) is 18.2 Å². The third-order valence-electron chi connectivity index (χ3n) is 3.32. The van der Waals surface area contributed by atoms with Gasteiger partial charge in [-0.1, -0.05) is 26.3 Å². The summed E-state index contributed by atoms with van der Waals surface area (Å²) >= 11 is 0. The van der Waals surface area contributed by atoms with E-state index in [4.69, 9.17) is 10.6 Å². The van der Waals surface area contributed by atoms with E-state index in [2.05, 4.69) is 19.3 Å². The summed E-state index contributed by atoms with van der Waals surface area (Å²) in [5.41, 5.74) is 3.74. The summed E-state index contributed by atoms with van der Waals surface area (Å²) in [6, 6.07) is 5.22. The smallest absolute Gasteiger partial charge is 0.165 e. The molecule has 1 aromatic carbocycles. The number of hydrogen-bond donors (Lipinski definition) is 2. The normalized spacial score (nSPS) is 14.3. The summed E-state index contributed by atoms with van der Waals surface area (Å²) in [5.74, 6) is 6.11. The van der Waals surface area contributed by atoms with Gasteiger partial charge >= 0.3 is 0 Å². The molecular formula is C14H23FN2O. The van der Waals surface area contributed by atoms with Crippen molar-refractivity contribution in [1.82, 2.24) is 5.43 Å². The number of hydrogen-bond acceptors (Lipinski definition) is 3. The van der Waals surface area contributed by atoms with E-state index < -0.39 is 0 Å². The summed E-state index contributed by atoms with van der Waals surface area (Å²) < 4.78 is 18.5. The van der Waals surface area contributed by atoms with E-state index in [0.717, 1.165) is 24.8 Å². The maximum Gasteiger partial charge on any atom is 0.165 e. The molecule has 4 heteroatoms. The highest BCUT2D eigenvalue weighted by Gasteiger charge is 2.13. The molecule has 3 N–H and O–H groups in total. The molecule has 0 aromatic heterocycles. The molecule has 0 aliphatic rings. The van der Waals surface area contributed by atoms with E-state index in [1.165, 1.54) is 13.2 Å². The maximum absolute atomic E-state index is 13.6. The van der Waals surface area contributed by atoms with Crippen LogP contribution in [0.3, 0.4) is 0 Å². The average molecular weight is 254 g/mol. The van der Waals surface area contributed by atoms with E-state index in [1.807, 2.05) is 6.07 Å². The lowest BCUT2D eigenvalue weighted by Crippen LogP contribution is -2.38. The van der Waals surface area contributed by atoms with Gasteiger partial charge in [0, 0.05) is 6.04 Å². The zero-order valence-electron chi connectivity index (χ0n) is 11.4. The van der Waals surface area contributed by atoms with Crippen molar-refractivity contribution in [2.45, 2.75) is 39.2 Å². The molecule has 2 unspecified atom stereocenters.